The Balaban J connectivity index is 2.26. The number of pyridine rings is 1. The summed E-state index contributed by atoms with van der Waals surface area (Å²) in [6.45, 7) is 0.169. The highest BCUT2D eigenvalue weighted by Gasteiger charge is 2.15. The van der Waals surface area contributed by atoms with Crippen LogP contribution < -0.4 is 24.3 Å². The molecule has 0 bridgehead atoms. The van der Waals surface area contributed by atoms with Crippen molar-refractivity contribution < 1.29 is 37.3 Å². The maximum Gasteiger partial charge on any atom is 0.328 e. The number of hydrogen-bond donors (Lipinski definition) is 2. The van der Waals surface area contributed by atoms with Crippen molar-refractivity contribution in [3.63, 3.8) is 0 Å². The van der Waals surface area contributed by atoms with Crippen molar-refractivity contribution in [2.75, 3.05) is 40.3 Å². The molecule has 0 aliphatic carbocycles. The SMILES string of the molecule is COc1cc(OC)c(/C=C/S(=O)(=O)Cc2ccc(OC)c(NC/C=C/C(=O)O)n2)c(OC)c1. The molecule has 2 rings (SSSR count). The lowest BCUT2D eigenvalue weighted by molar-refractivity contribution is -0.131. The molecule has 0 amide bonds. The third-order valence-electron chi connectivity index (χ3n) is 4.33. The maximum absolute atomic E-state index is 12.7. The predicted octanol–water partition coefficient (Wildman–Crippen LogP) is 2.75. The lowest BCUT2D eigenvalue weighted by Crippen LogP contribution is -2.08. The van der Waals surface area contributed by atoms with Gasteiger partial charge < -0.3 is 29.4 Å². The molecule has 1 aromatic heterocycles. The van der Waals surface area contributed by atoms with E-state index in [-0.39, 0.29) is 18.0 Å². The van der Waals surface area contributed by atoms with Crippen molar-refractivity contribution in [1.29, 1.82) is 0 Å². The molecule has 0 aliphatic rings. The van der Waals surface area contributed by atoms with Crippen LogP contribution in [0.2, 0.25) is 0 Å². The van der Waals surface area contributed by atoms with E-state index in [0.717, 1.165) is 11.5 Å². The molecule has 0 unspecified atom stereocenters. The van der Waals surface area contributed by atoms with Gasteiger partial charge in [-0.05, 0) is 18.2 Å². The van der Waals surface area contributed by atoms with Gasteiger partial charge in [-0.25, -0.2) is 18.2 Å². The minimum absolute atomic E-state index is 0.169. The summed E-state index contributed by atoms with van der Waals surface area (Å²) < 4.78 is 46.6. The van der Waals surface area contributed by atoms with Gasteiger partial charge in [0, 0.05) is 30.2 Å². The average Bonchev–Trinajstić information content (AvgIpc) is 2.79. The molecule has 1 aromatic carbocycles. The van der Waals surface area contributed by atoms with Crippen molar-refractivity contribution in [2.24, 2.45) is 0 Å². The maximum atomic E-state index is 12.7. The lowest BCUT2D eigenvalue weighted by Gasteiger charge is -2.12. The number of carboxylic acid groups (broad SMARTS) is 1. The van der Waals surface area contributed by atoms with Crippen LogP contribution in [-0.2, 0) is 20.4 Å². The fourth-order valence-corrected chi connectivity index (χ4v) is 3.81. The minimum atomic E-state index is -3.72. The Hall–Kier alpha value is -3.73. The molecule has 2 aromatic rings. The zero-order chi connectivity index (χ0) is 24.4. The molecule has 2 N–H and O–H groups in total. The summed E-state index contributed by atoms with van der Waals surface area (Å²) in [5, 5.41) is 12.6. The van der Waals surface area contributed by atoms with Gasteiger partial charge in [-0.1, -0.05) is 6.08 Å². The zero-order valence-corrected chi connectivity index (χ0v) is 19.5. The number of nitrogens with zero attached hydrogens (tertiary/aromatic N) is 1. The van der Waals surface area contributed by atoms with Crippen LogP contribution >= 0.6 is 0 Å². The highest BCUT2D eigenvalue weighted by molar-refractivity contribution is 7.93. The van der Waals surface area contributed by atoms with E-state index < -0.39 is 15.8 Å². The van der Waals surface area contributed by atoms with E-state index in [9.17, 15) is 13.2 Å². The summed E-state index contributed by atoms with van der Waals surface area (Å²) >= 11 is 0. The van der Waals surface area contributed by atoms with E-state index in [1.165, 1.54) is 46.7 Å². The number of nitrogens with one attached hydrogen (secondary N) is 1. The van der Waals surface area contributed by atoms with Gasteiger partial charge in [0.05, 0.1) is 45.4 Å². The van der Waals surface area contributed by atoms with Gasteiger partial charge in [-0.2, -0.15) is 0 Å². The first-order chi connectivity index (χ1) is 15.7. The summed E-state index contributed by atoms with van der Waals surface area (Å²) in [7, 11) is 2.15. The Morgan fingerprint density at radius 1 is 1.03 bits per heavy atom. The van der Waals surface area contributed by atoms with Gasteiger partial charge in [0.25, 0.3) is 0 Å². The molecule has 1 heterocycles. The number of benzene rings is 1. The van der Waals surface area contributed by atoms with Crippen LogP contribution in [0.1, 0.15) is 11.3 Å². The summed E-state index contributed by atoms with van der Waals surface area (Å²) in [6, 6.07) is 6.37. The molecule has 0 aliphatic heterocycles. The Morgan fingerprint density at radius 2 is 1.67 bits per heavy atom. The van der Waals surface area contributed by atoms with E-state index in [1.54, 1.807) is 18.2 Å². The number of ether oxygens (including phenoxy) is 4. The molecule has 10 nitrogen and oxygen atoms in total. The van der Waals surface area contributed by atoms with E-state index in [0.29, 0.717) is 34.4 Å². The largest absolute Gasteiger partial charge is 0.496 e. The number of carboxylic acids is 1. The molecule has 0 saturated carbocycles. The van der Waals surface area contributed by atoms with Crippen LogP contribution in [0, 0.1) is 0 Å². The number of hydrogen-bond acceptors (Lipinski definition) is 9. The van der Waals surface area contributed by atoms with Crippen molar-refractivity contribution >= 4 is 27.7 Å². The topological polar surface area (TPSA) is 133 Å². The molecular weight excluding hydrogens is 452 g/mol. The Labute approximate surface area is 192 Å². The van der Waals surface area contributed by atoms with Crippen molar-refractivity contribution in [3.05, 3.63) is 53.1 Å². The fraction of sp³-hybridized carbons (Fsp3) is 0.273. The predicted molar refractivity (Wildman–Crippen MR) is 124 cm³/mol. The molecule has 0 atom stereocenters. The van der Waals surface area contributed by atoms with Gasteiger partial charge >= 0.3 is 5.97 Å². The van der Waals surface area contributed by atoms with E-state index in [4.69, 9.17) is 24.1 Å². The molecule has 178 valence electrons. The molecule has 0 fully saturated rings. The smallest absolute Gasteiger partial charge is 0.328 e. The third kappa shape index (κ3) is 7.42. The number of rotatable bonds is 12. The summed E-state index contributed by atoms with van der Waals surface area (Å²) in [6.07, 6.45) is 3.78. The Kier molecular flexibility index (Phi) is 9.10. The first-order valence-electron chi connectivity index (χ1n) is 9.61. The van der Waals surface area contributed by atoms with Crippen LogP contribution in [0.5, 0.6) is 23.0 Å². The molecule has 0 saturated heterocycles. The van der Waals surface area contributed by atoms with E-state index in [1.807, 2.05) is 0 Å². The highest BCUT2D eigenvalue weighted by atomic mass is 32.2. The summed E-state index contributed by atoms with van der Waals surface area (Å²) in [4.78, 5) is 14.9. The van der Waals surface area contributed by atoms with E-state index in [2.05, 4.69) is 10.3 Å². The second kappa shape index (κ2) is 11.8. The lowest BCUT2D eigenvalue weighted by atomic mass is 10.1. The number of anilines is 1. The summed E-state index contributed by atoms with van der Waals surface area (Å²) in [5.74, 6) is 0.527. The second-order valence-corrected chi connectivity index (χ2v) is 8.42. The number of sulfone groups is 1. The van der Waals surface area contributed by atoms with Crippen molar-refractivity contribution in [3.8, 4) is 23.0 Å². The number of aliphatic carboxylic acids is 1. The third-order valence-corrected chi connectivity index (χ3v) is 5.58. The first kappa shape index (κ1) is 25.5. The van der Waals surface area contributed by atoms with Gasteiger partial charge in [-0.15, -0.1) is 0 Å². The highest BCUT2D eigenvalue weighted by Crippen LogP contribution is 2.35. The number of methoxy groups -OCH3 is 4. The normalized spacial score (nSPS) is 11.5. The molecule has 0 spiro atoms. The number of aromatic nitrogens is 1. The van der Waals surface area contributed by atoms with Crippen molar-refractivity contribution in [1.82, 2.24) is 4.98 Å². The van der Waals surface area contributed by atoms with Crippen LogP contribution in [0.4, 0.5) is 5.82 Å². The van der Waals surface area contributed by atoms with Crippen LogP contribution in [0.25, 0.3) is 6.08 Å². The fourth-order valence-electron chi connectivity index (χ4n) is 2.80. The van der Waals surface area contributed by atoms with E-state index >= 15 is 0 Å². The molecular formula is C22H26N2O8S. The van der Waals surface area contributed by atoms with Crippen LogP contribution in [-0.4, -0.2) is 59.5 Å². The van der Waals surface area contributed by atoms with Gasteiger partial charge in [0.1, 0.15) is 17.2 Å². The summed E-state index contributed by atoms with van der Waals surface area (Å²) in [5.41, 5.74) is 0.721. The van der Waals surface area contributed by atoms with Crippen molar-refractivity contribution in [2.45, 2.75) is 5.75 Å². The first-order valence-corrected chi connectivity index (χ1v) is 11.3. The standard InChI is InChI=1S/C22H26N2O8S/c1-29-16-12-19(31-3)17(20(13-16)32-4)9-11-33(27,28)14-15-7-8-18(30-2)22(24-15)23-10-5-6-21(25)26/h5-9,11-13H,10,14H2,1-4H3,(H,23,24)(H,25,26)/b6-5+,11-9+. The van der Waals surface area contributed by atoms with Gasteiger partial charge in [0.15, 0.2) is 21.4 Å². The quantitative estimate of drug-likeness (QED) is 0.439. The zero-order valence-electron chi connectivity index (χ0n) is 18.7. The number of carbonyl (C=O) groups is 1. The van der Waals surface area contributed by atoms with Gasteiger partial charge in [0.2, 0.25) is 0 Å². The molecule has 0 radical (unpaired) electrons. The second-order valence-electron chi connectivity index (χ2n) is 6.53. The Morgan fingerprint density at radius 3 is 2.21 bits per heavy atom. The monoisotopic (exact) mass is 478 g/mol. The minimum Gasteiger partial charge on any atom is -0.496 e. The van der Waals surface area contributed by atoms with Crippen LogP contribution in [0.3, 0.4) is 0 Å². The van der Waals surface area contributed by atoms with Crippen LogP contribution in [0.15, 0.2) is 41.8 Å². The van der Waals surface area contributed by atoms with Gasteiger partial charge in [-0.3, -0.25) is 0 Å². The average molecular weight is 479 g/mol. The molecule has 11 heteroatoms. The Bertz CT molecular complexity index is 1120. The molecule has 33 heavy (non-hydrogen) atoms.